The fraction of sp³-hybridized carbons (Fsp3) is 0.188. The van der Waals surface area contributed by atoms with Crippen LogP contribution in [-0.2, 0) is 0 Å². The van der Waals surface area contributed by atoms with Crippen LogP contribution in [0, 0.1) is 11.6 Å². The topological polar surface area (TPSA) is 29.1 Å². The number of carbonyl (C=O) groups excluding carboxylic acids is 1. The summed E-state index contributed by atoms with van der Waals surface area (Å²) in [6, 6.07) is 10.1. The van der Waals surface area contributed by atoms with Gasteiger partial charge in [0.05, 0.1) is 5.69 Å². The zero-order valence-corrected chi connectivity index (χ0v) is 12.5. The molecule has 0 fully saturated rings. The summed E-state index contributed by atoms with van der Waals surface area (Å²) in [5.41, 5.74) is 0.383. The van der Waals surface area contributed by atoms with Crippen LogP contribution >= 0.6 is 11.8 Å². The largest absolute Gasteiger partial charge is 0.319 e. The van der Waals surface area contributed by atoms with Gasteiger partial charge in [0.2, 0.25) is 0 Å². The Morgan fingerprint density at radius 1 is 1.10 bits per heavy atom. The van der Waals surface area contributed by atoms with E-state index in [4.69, 9.17) is 0 Å². The summed E-state index contributed by atoms with van der Waals surface area (Å²) in [4.78, 5) is 13.1. The zero-order valence-electron chi connectivity index (χ0n) is 11.7. The van der Waals surface area contributed by atoms with Gasteiger partial charge < -0.3 is 5.32 Å². The second-order valence-corrected chi connectivity index (χ2v) is 6.42. The second kappa shape index (κ2) is 6.72. The quantitative estimate of drug-likeness (QED) is 0.828. The molecule has 0 aliphatic carbocycles. The Kier molecular flexibility index (Phi) is 4.96. The SMILES string of the molecule is CC(C)Sc1ccc(C(=O)Nc2ccc(F)cc2F)cc1. The molecule has 0 aliphatic rings. The van der Waals surface area contributed by atoms with Gasteiger partial charge in [-0.1, -0.05) is 13.8 Å². The lowest BCUT2D eigenvalue weighted by Gasteiger charge is -2.08. The summed E-state index contributed by atoms with van der Waals surface area (Å²) >= 11 is 1.69. The average Bonchev–Trinajstić information content (AvgIpc) is 2.42. The van der Waals surface area contributed by atoms with E-state index in [0.29, 0.717) is 10.8 Å². The molecule has 2 nitrogen and oxygen atoms in total. The van der Waals surface area contributed by atoms with Gasteiger partial charge in [-0.15, -0.1) is 11.8 Å². The Labute approximate surface area is 126 Å². The first-order valence-electron chi connectivity index (χ1n) is 6.49. The van der Waals surface area contributed by atoms with Crippen molar-refractivity contribution in [3.05, 3.63) is 59.7 Å². The van der Waals surface area contributed by atoms with Crippen LogP contribution in [0.4, 0.5) is 14.5 Å². The van der Waals surface area contributed by atoms with Crippen molar-refractivity contribution >= 4 is 23.4 Å². The molecule has 1 N–H and O–H groups in total. The van der Waals surface area contributed by atoms with Crippen molar-refractivity contribution < 1.29 is 13.6 Å². The Hall–Kier alpha value is -1.88. The lowest BCUT2D eigenvalue weighted by atomic mass is 10.2. The van der Waals surface area contributed by atoms with Gasteiger partial charge in [-0.25, -0.2) is 8.78 Å². The highest BCUT2D eigenvalue weighted by molar-refractivity contribution is 7.99. The number of rotatable bonds is 4. The minimum absolute atomic E-state index is 0.0398. The van der Waals surface area contributed by atoms with Gasteiger partial charge >= 0.3 is 0 Å². The zero-order chi connectivity index (χ0) is 15.4. The molecular weight excluding hydrogens is 292 g/mol. The van der Waals surface area contributed by atoms with Gasteiger partial charge in [-0.05, 0) is 36.4 Å². The maximum absolute atomic E-state index is 13.5. The molecule has 0 radical (unpaired) electrons. The number of nitrogens with one attached hydrogen (secondary N) is 1. The minimum atomic E-state index is -0.796. The maximum atomic E-state index is 13.5. The van der Waals surface area contributed by atoms with Gasteiger partial charge in [0.25, 0.3) is 5.91 Å². The molecule has 110 valence electrons. The number of carbonyl (C=O) groups is 1. The predicted molar refractivity (Wildman–Crippen MR) is 81.7 cm³/mol. The normalized spacial score (nSPS) is 10.7. The summed E-state index contributed by atoms with van der Waals surface area (Å²) in [6.07, 6.45) is 0. The smallest absolute Gasteiger partial charge is 0.255 e. The van der Waals surface area contributed by atoms with Crippen molar-refractivity contribution in [2.75, 3.05) is 5.32 Å². The van der Waals surface area contributed by atoms with E-state index in [9.17, 15) is 13.6 Å². The van der Waals surface area contributed by atoms with Crippen LogP contribution in [0.15, 0.2) is 47.4 Å². The number of hydrogen-bond acceptors (Lipinski definition) is 2. The molecule has 2 aromatic carbocycles. The number of thioether (sulfide) groups is 1. The van der Waals surface area contributed by atoms with Gasteiger partial charge in [0.1, 0.15) is 11.6 Å². The molecule has 2 rings (SSSR count). The van der Waals surface area contributed by atoms with Crippen LogP contribution in [-0.4, -0.2) is 11.2 Å². The Bertz CT molecular complexity index is 641. The molecule has 21 heavy (non-hydrogen) atoms. The minimum Gasteiger partial charge on any atom is -0.319 e. The predicted octanol–water partition coefficient (Wildman–Crippen LogP) is 4.72. The Morgan fingerprint density at radius 3 is 2.33 bits per heavy atom. The average molecular weight is 307 g/mol. The second-order valence-electron chi connectivity index (χ2n) is 4.77. The molecule has 0 saturated carbocycles. The number of halogens is 2. The molecule has 0 unspecified atom stereocenters. The highest BCUT2D eigenvalue weighted by Gasteiger charge is 2.10. The number of anilines is 1. The van der Waals surface area contributed by atoms with Crippen LogP contribution in [0.25, 0.3) is 0 Å². The van der Waals surface area contributed by atoms with Gasteiger partial charge in [0, 0.05) is 21.8 Å². The monoisotopic (exact) mass is 307 g/mol. The van der Waals surface area contributed by atoms with Crippen molar-refractivity contribution in [3.63, 3.8) is 0 Å². The molecule has 0 spiro atoms. The van der Waals surface area contributed by atoms with Crippen LogP contribution in [0.2, 0.25) is 0 Å². The van der Waals surface area contributed by atoms with Crippen molar-refractivity contribution in [3.8, 4) is 0 Å². The molecule has 0 heterocycles. The lowest BCUT2D eigenvalue weighted by molar-refractivity contribution is 0.102. The summed E-state index contributed by atoms with van der Waals surface area (Å²) in [6.45, 7) is 4.17. The van der Waals surface area contributed by atoms with E-state index >= 15 is 0 Å². The van der Waals surface area contributed by atoms with Crippen molar-refractivity contribution in [2.45, 2.75) is 24.0 Å². The first-order chi connectivity index (χ1) is 9.95. The van der Waals surface area contributed by atoms with Crippen molar-refractivity contribution in [1.29, 1.82) is 0 Å². The van der Waals surface area contributed by atoms with E-state index in [1.165, 1.54) is 6.07 Å². The summed E-state index contributed by atoms with van der Waals surface area (Å²) in [5.74, 6) is -1.91. The van der Waals surface area contributed by atoms with E-state index in [2.05, 4.69) is 19.2 Å². The van der Waals surface area contributed by atoms with E-state index in [0.717, 1.165) is 17.0 Å². The molecule has 2 aromatic rings. The van der Waals surface area contributed by atoms with Gasteiger partial charge in [-0.3, -0.25) is 4.79 Å². The van der Waals surface area contributed by atoms with Gasteiger partial charge in [0.15, 0.2) is 0 Å². The highest BCUT2D eigenvalue weighted by atomic mass is 32.2. The highest BCUT2D eigenvalue weighted by Crippen LogP contribution is 2.23. The van der Waals surface area contributed by atoms with Gasteiger partial charge in [-0.2, -0.15) is 0 Å². The standard InChI is InChI=1S/C16H15F2NOS/c1-10(2)21-13-6-3-11(4-7-13)16(20)19-15-8-5-12(17)9-14(15)18/h3-10H,1-2H3,(H,19,20). The summed E-state index contributed by atoms with van der Waals surface area (Å²) < 4.78 is 26.3. The van der Waals surface area contributed by atoms with E-state index in [-0.39, 0.29) is 5.69 Å². The summed E-state index contributed by atoms with van der Waals surface area (Å²) in [7, 11) is 0. The summed E-state index contributed by atoms with van der Waals surface area (Å²) in [5, 5.41) is 2.88. The van der Waals surface area contributed by atoms with Crippen LogP contribution in [0.1, 0.15) is 24.2 Å². The van der Waals surface area contributed by atoms with Crippen LogP contribution < -0.4 is 5.32 Å². The number of hydrogen-bond donors (Lipinski definition) is 1. The fourth-order valence-electron chi connectivity index (χ4n) is 1.74. The van der Waals surface area contributed by atoms with E-state index in [1.54, 1.807) is 23.9 Å². The molecule has 1 amide bonds. The Balaban J connectivity index is 2.09. The number of amides is 1. The third-order valence-corrected chi connectivity index (χ3v) is 3.68. The van der Waals surface area contributed by atoms with E-state index in [1.807, 2.05) is 12.1 Å². The van der Waals surface area contributed by atoms with E-state index < -0.39 is 17.5 Å². The molecule has 0 aromatic heterocycles. The lowest BCUT2D eigenvalue weighted by Crippen LogP contribution is -2.13. The van der Waals surface area contributed by atoms with Crippen LogP contribution in [0.5, 0.6) is 0 Å². The fourth-order valence-corrected chi connectivity index (χ4v) is 2.58. The number of benzene rings is 2. The molecule has 5 heteroatoms. The molecule has 0 saturated heterocycles. The molecule has 0 aliphatic heterocycles. The van der Waals surface area contributed by atoms with Crippen molar-refractivity contribution in [1.82, 2.24) is 0 Å². The maximum Gasteiger partial charge on any atom is 0.255 e. The molecular formula is C16H15F2NOS. The van der Waals surface area contributed by atoms with Crippen molar-refractivity contribution in [2.24, 2.45) is 0 Å². The first-order valence-corrected chi connectivity index (χ1v) is 7.37. The third kappa shape index (κ3) is 4.29. The Morgan fingerprint density at radius 2 is 1.76 bits per heavy atom. The van der Waals surface area contributed by atoms with Crippen LogP contribution in [0.3, 0.4) is 0 Å². The molecule has 0 atom stereocenters. The molecule has 0 bridgehead atoms. The third-order valence-electron chi connectivity index (χ3n) is 2.67. The first kappa shape index (κ1) is 15.5.